The van der Waals surface area contributed by atoms with Crippen molar-refractivity contribution in [2.75, 3.05) is 13.7 Å². The summed E-state index contributed by atoms with van der Waals surface area (Å²) < 4.78 is 11.2. The molecule has 0 spiro atoms. The van der Waals surface area contributed by atoms with Crippen LogP contribution in [-0.4, -0.2) is 29.8 Å². The maximum atomic E-state index is 5.78. The highest BCUT2D eigenvalue weighted by molar-refractivity contribution is 5.03. The highest BCUT2D eigenvalue weighted by Crippen LogP contribution is 2.29. The lowest BCUT2D eigenvalue weighted by Crippen LogP contribution is -2.29. The fraction of sp³-hybridized carbons (Fsp3) is 0.857. The summed E-state index contributed by atoms with van der Waals surface area (Å²) in [5.74, 6) is 1.57. The quantitative estimate of drug-likeness (QED) is 0.786. The van der Waals surface area contributed by atoms with E-state index in [4.69, 9.17) is 9.26 Å². The predicted molar refractivity (Wildman–Crippen MR) is 75.1 cm³/mol. The third-order valence-electron chi connectivity index (χ3n) is 3.87. The van der Waals surface area contributed by atoms with E-state index in [1.807, 2.05) is 20.9 Å². The molecule has 1 rings (SSSR count). The van der Waals surface area contributed by atoms with E-state index in [9.17, 15) is 0 Å². The first-order chi connectivity index (χ1) is 9.02. The van der Waals surface area contributed by atoms with Crippen LogP contribution >= 0.6 is 0 Å². The van der Waals surface area contributed by atoms with Crippen LogP contribution < -0.4 is 5.32 Å². The second kappa shape index (κ2) is 7.01. The lowest BCUT2D eigenvalue weighted by Gasteiger charge is -2.24. The molecule has 110 valence electrons. The van der Waals surface area contributed by atoms with Crippen molar-refractivity contribution in [2.24, 2.45) is 0 Å². The number of likely N-dealkylation sites (N-methyl/N-ethyl adjacent to an activating group) is 1. The molecule has 5 nitrogen and oxygen atoms in total. The number of hydrogen-bond donors (Lipinski definition) is 1. The van der Waals surface area contributed by atoms with Crippen LogP contribution in [-0.2, 0) is 10.3 Å². The zero-order valence-corrected chi connectivity index (χ0v) is 13.0. The van der Waals surface area contributed by atoms with Crippen LogP contribution in [0.4, 0.5) is 0 Å². The summed E-state index contributed by atoms with van der Waals surface area (Å²) in [7, 11) is 1.95. The molecule has 0 bridgehead atoms. The number of rotatable bonds is 8. The van der Waals surface area contributed by atoms with E-state index in [1.165, 1.54) is 0 Å². The number of nitrogens with zero attached hydrogens (tertiary/aromatic N) is 2. The molecule has 0 fully saturated rings. The van der Waals surface area contributed by atoms with Gasteiger partial charge in [0.15, 0.2) is 0 Å². The molecule has 1 aromatic rings. The van der Waals surface area contributed by atoms with Gasteiger partial charge in [-0.1, -0.05) is 19.0 Å². The first-order valence-corrected chi connectivity index (χ1v) is 7.17. The zero-order valence-electron chi connectivity index (χ0n) is 13.0. The van der Waals surface area contributed by atoms with E-state index in [1.54, 1.807) is 0 Å². The van der Waals surface area contributed by atoms with Gasteiger partial charge in [-0.2, -0.15) is 4.98 Å². The molecule has 3 unspecified atom stereocenters. The number of nitrogens with one attached hydrogen (secondary N) is 1. The molecule has 0 aliphatic heterocycles. The van der Waals surface area contributed by atoms with Gasteiger partial charge in [-0.05, 0) is 40.7 Å². The first-order valence-electron chi connectivity index (χ1n) is 7.17. The molecule has 19 heavy (non-hydrogen) atoms. The van der Waals surface area contributed by atoms with Gasteiger partial charge in [-0.15, -0.1) is 0 Å². The highest BCUT2D eigenvalue weighted by Gasteiger charge is 2.32. The molecule has 0 saturated heterocycles. The molecule has 1 N–H and O–H groups in total. The normalized spacial score (nSPS) is 18.0. The van der Waals surface area contributed by atoms with E-state index in [0.29, 0.717) is 24.4 Å². The maximum absolute atomic E-state index is 5.78. The van der Waals surface area contributed by atoms with Crippen LogP contribution in [0.3, 0.4) is 0 Å². The largest absolute Gasteiger partial charge is 0.367 e. The van der Waals surface area contributed by atoms with E-state index < -0.39 is 5.60 Å². The summed E-state index contributed by atoms with van der Waals surface area (Å²) in [5.41, 5.74) is -0.461. The van der Waals surface area contributed by atoms with Gasteiger partial charge in [0.25, 0.3) is 0 Å². The number of ether oxygens (including phenoxy) is 1. The smallest absolute Gasteiger partial charge is 0.231 e. The van der Waals surface area contributed by atoms with Crippen LogP contribution in [0.25, 0.3) is 0 Å². The summed E-state index contributed by atoms with van der Waals surface area (Å²) in [6.45, 7) is 10.9. The van der Waals surface area contributed by atoms with Gasteiger partial charge in [-0.3, -0.25) is 0 Å². The molecule has 0 radical (unpaired) electrons. The standard InChI is InChI=1S/C14H27N3O2/c1-7-11(10(4)15-6)12-16-13(17-19-12)14(5,8-2)18-9-3/h10-11,15H,7-9H2,1-6H3. The topological polar surface area (TPSA) is 60.2 Å². The van der Waals surface area contributed by atoms with Crippen molar-refractivity contribution in [1.82, 2.24) is 15.5 Å². The zero-order chi connectivity index (χ0) is 14.5. The molecule has 1 heterocycles. The minimum absolute atomic E-state index is 0.231. The van der Waals surface area contributed by atoms with Crippen LogP contribution in [0, 0.1) is 0 Å². The Balaban J connectivity index is 2.97. The lowest BCUT2D eigenvalue weighted by molar-refractivity contribution is -0.0403. The number of aromatic nitrogens is 2. The first kappa shape index (κ1) is 16.1. The van der Waals surface area contributed by atoms with Crippen molar-refractivity contribution < 1.29 is 9.26 Å². The van der Waals surface area contributed by atoms with Gasteiger partial charge < -0.3 is 14.6 Å². The molecular weight excluding hydrogens is 242 g/mol. The molecule has 0 aliphatic carbocycles. The summed E-state index contributed by atoms with van der Waals surface area (Å²) in [4.78, 5) is 4.57. The molecule has 5 heteroatoms. The third kappa shape index (κ3) is 3.54. The molecule has 0 amide bonds. The third-order valence-corrected chi connectivity index (χ3v) is 3.87. The fourth-order valence-corrected chi connectivity index (χ4v) is 2.19. The van der Waals surface area contributed by atoms with Crippen LogP contribution in [0.1, 0.15) is 65.1 Å². The average molecular weight is 269 g/mol. The molecule has 0 aliphatic rings. The van der Waals surface area contributed by atoms with Crippen molar-refractivity contribution >= 4 is 0 Å². The van der Waals surface area contributed by atoms with Crippen LogP contribution in [0.2, 0.25) is 0 Å². The number of hydrogen-bond acceptors (Lipinski definition) is 5. The Hall–Kier alpha value is -0.940. The van der Waals surface area contributed by atoms with Gasteiger partial charge in [0.1, 0.15) is 5.60 Å². The van der Waals surface area contributed by atoms with Crippen molar-refractivity contribution in [2.45, 2.75) is 65.0 Å². The van der Waals surface area contributed by atoms with Gasteiger partial charge in [0.2, 0.25) is 11.7 Å². The van der Waals surface area contributed by atoms with Crippen molar-refractivity contribution in [3.8, 4) is 0 Å². The Morgan fingerprint density at radius 1 is 1.37 bits per heavy atom. The Kier molecular flexibility index (Phi) is 5.94. The highest BCUT2D eigenvalue weighted by atomic mass is 16.5. The van der Waals surface area contributed by atoms with Crippen LogP contribution in [0.15, 0.2) is 4.52 Å². The van der Waals surface area contributed by atoms with Gasteiger partial charge >= 0.3 is 0 Å². The summed E-state index contributed by atoms with van der Waals surface area (Å²) in [6, 6.07) is 0.304. The van der Waals surface area contributed by atoms with Gasteiger partial charge in [0, 0.05) is 12.6 Å². The predicted octanol–water partition coefficient (Wildman–Crippen LogP) is 2.83. The van der Waals surface area contributed by atoms with Gasteiger partial charge in [0.05, 0.1) is 5.92 Å². The Labute approximate surface area is 116 Å². The second-order valence-electron chi connectivity index (χ2n) is 5.07. The average Bonchev–Trinajstić information content (AvgIpc) is 2.89. The summed E-state index contributed by atoms with van der Waals surface area (Å²) >= 11 is 0. The van der Waals surface area contributed by atoms with E-state index in [-0.39, 0.29) is 5.92 Å². The molecule has 3 atom stereocenters. The van der Waals surface area contributed by atoms with E-state index in [0.717, 1.165) is 12.8 Å². The van der Waals surface area contributed by atoms with E-state index in [2.05, 4.69) is 36.2 Å². The van der Waals surface area contributed by atoms with Gasteiger partial charge in [-0.25, -0.2) is 0 Å². The Bertz CT molecular complexity index is 381. The van der Waals surface area contributed by atoms with E-state index >= 15 is 0 Å². The molecular formula is C14H27N3O2. The van der Waals surface area contributed by atoms with Crippen molar-refractivity contribution in [3.63, 3.8) is 0 Å². The minimum Gasteiger partial charge on any atom is -0.367 e. The molecule has 1 aromatic heterocycles. The molecule has 0 aromatic carbocycles. The monoisotopic (exact) mass is 269 g/mol. The Morgan fingerprint density at radius 3 is 2.53 bits per heavy atom. The van der Waals surface area contributed by atoms with Crippen molar-refractivity contribution in [1.29, 1.82) is 0 Å². The summed E-state index contributed by atoms with van der Waals surface area (Å²) in [5, 5.41) is 7.37. The lowest BCUT2D eigenvalue weighted by atomic mass is 9.98. The second-order valence-corrected chi connectivity index (χ2v) is 5.07. The van der Waals surface area contributed by atoms with Crippen LogP contribution in [0.5, 0.6) is 0 Å². The fourth-order valence-electron chi connectivity index (χ4n) is 2.19. The maximum Gasteiger partial charge on any atom is 0.231 e. The Morgan fingerprint density at radius 2 is 2.05 bits per heavy atom. The van der Waals surface area contributed by atoms with Crippen molar-refractivity contribution in [3.05, 3.63) is 11.7 Å². The minimum atomic E-state index is -0.461. The summed E-state index contributed by atoms with van der Waals surface area (Å²) in [6.07, 6.45) is 1.78. The molecule has 0 saturated carbocycles. The SMILES string of the molecule is CCOC(C)(CC)c1noc(C(CC)C(C)NC)n1.